The first kappa shape index (κ1) is 22.0. The number of hydrogen-bond acceptors (Lipinski definition) is 5. The Morgan fingerprint density at radius 1 is 1.00 bits per heavy atom. The van der Waals surface area contributed by atoms with Crippen LogP contribution in [0.4, 0.5) is 11.4 Å². The summed E-state index contributed by atoms with van der Waals surface area (Å²) < 4.78 is 28.0. The lowest BCUT2D eigenvalue weighted by Crippen LogP contribution is -2.12. The van der Waals surface area contributed by atoms with Crippen LogP contribution in [0.1, 0.15) is 31.9 Å². The number of benzene rings is 2. The molecule has 0 aliphatic carbocycles. The minimum Gasteiger partial charge on any atom is -0.355 e. The van der Waals surface area contributed by atoms with Crippen molar-refractivity contribution < 1.29 is 8.42 Å². The summed E-state index contributed by atoms with van der Waals surface area (Å²) in [5.74, 6) is 0. The van der Waals surface area contributed by atoms with Crippen LogP contribution in [0.3, 0.4) is 0 Å². The second-order valence-electron chi connectivity index (χ2n) is 8.86. The molecule has 0 radical (unpaired) electrons. The Kier molecular flexibility index (Phi) is 5.79. The molecule has 32 heavy (non-hydrogen) atoms. The SMILES string of the molecule is CNCc1cn(S(=O)(=O)c2cccnc2)c2cc(Nc3ccc(C(C)(C)C)cc3)ccc12. The molecule has 0 unspecified atom stereocenters. The lowest BCUT2D eigenvalue weighted by atomic mass is 9.87. The van der Waals surface area contributed by atoms with Crippen molar-refractivity contribution in [1.82, 2.24) is 14.3 Å². The van der Waals surface area contributed by atoms with Gasteiger partial charge in [0.15, 0.2) is 0 Å². The minimum atomic E-state index is -3.78. The summed E-state index contributed by atoms with van der Waals surface area (Å²) in [7, 11) is -1.93. The molecule has 4 aromatic rings. The largest absolute Gasteiger partial charge is 0.355 e. The normalized spacial score (nSPS) is 12.2. The van der Waals surface area contributed by atoms with Crippen LogP contribution in [-0.4, -0.2) is 24.4 Å². The maximum Gasteiger partial charge on any atom is 0.269 e. The first-order valence-corrected chi connectivity index (χ1v) is 12.0. The van der Waals surface area contributed by atoms with Gasteiger partial charge in [0.05, 0.1) is 5.52 Å². The topological polar surface area (TPSA) is 76.0 Å². The molecular formula is C25H28N4O2S. The molecule has 0 aliphatic rings. The highest BCUT2D eigenvalue weighted by Crippen LogP contribution is 2.30. The number of pyridine rings is 1. The van der Waals surface area contributed by atoms with Crippen molar-refractivity contribution in [3.63, 3.8) is 0 Å². The van der Waals surface area contributed by atoms with Crippen LogP contribution < -0.4 is 10.6 Å². The summed E-state index contributed by atoms with van der Waals surface area (Å²) >= 11 is 0. The molecule has 0 bridgehead atoms. The lowest BCUT2D eigenvalue weighted by Gasteiger charge is -2.19. The summed E-state index contributed by atoms with van der Waals surface area (Å²) in [5.41, 5.74) is 4.64. The number of nitrogens with one attached hydrogen (secondary N) is 2. The second kappa shape index (κ2) is 8.41. The van der Waals surface area contributed by atoms with E-state index < -0.39 is 10.0 Å². The van der Waals surface area contributed by atoms with Gasteiger partial charge in [0, 0.05) is 41.9 Å². The quantitative estimate of drug-likeness (QED) is 0.432. The van der Waals surface area contributed by atoms with E-state index in [0.717, 1.165) is 22.3 Å². The number of nitrogens with zero attached hydrogens (tertiary/aromatic N) is 2. The van der Waals surface area contributed by atoms with Crippen LogP contribution in [0, 0.1) is 0 Å². The molecule has 2 aromatic carbocycles. The first-order chi connectivity index (χ1) is 15.2. The molecule has 0 spiro atoms. The first-order valence-electron chi connectivity index (χ1n) is 10.5. The van der Waals surface area contributed by atoms with E-state index in [-0.39, 0.29) is 10.3 Å². The van der Waals surface area contributed by atoms with Crippen LogP contribution >= 0.6 is 0 Å². The van der Waals surface area contributed by atoms with Crippen molar-refractivity contribution in [3.05, 3.63) is 84.3 Å². The number of aromatic nitrogens is 2. The minimum absolute atomic E-state index is 0.0860. The van der Waals surface area contributed by atoms with Crippen molar-refractivity contribution >= 4 is 32.3 Å². The van der Waals surface area contributed by atoms with E-state index in [9.17, 15) is 8.42 Å². The van der Waals surface area contributed by atoms with Gasteiger partial charge in [0.2, 0.25) is 0 Å². The van der Waals surface area contributed by atoms with E-state index in [1.807, 2.05) is 37.4 Å². The van der Waals surface area contributed by atoms with Crippen molar-refractivity contribution in [1.29, 1.82) is 0 Å². The predicted molar refractivity (Wildman–Crippen MR) is 130 cm³/mol. The van der Waals surface area contributed by atoms with E-state index >= 15 is 0 Å². The smallest absolute Gasteiger partial charge is 0.269 e. The number of hydrogen-bond donors (Lipinski definition) is 2. The molecular weight excluding hydrogens is 420 g/mol. The number of fused-ring (bicyclic) bond motifs is 1. The average Bonchev–Trinajstić information content (AvgIpc) is 3.13. The van der Waals surface area contributed by atoms with E-state index in [4.69, 9.17) is 0 Å². The maximum atomic E-state index is 13.3. The molecule has 0 aliphatic heterocycles. The zero-order valence-electron chi connectivity index (χ0n) is 18.8. The summed E-state index contributed by atoms with van der Waals surface area (Å²) in [6.07, 6.45) is 4.62. The molecule has 0 atom stereocenters. The Hall–Kier alpha value is -3.16. The fourth-order valence-corrected chi connectivity index (χ4v) is 5.06. The highest BCUT2D eigenvalue weighted by Gasteiger charge is 2.21. The predicted octanol–water partition coefficient (Wildman–Crippen LogP) is 5.03. The molecule has 166 valence electrons. The van der Waals surface area contributed by atoms with Gasteiger partial charge in [-0.1, -0.05) is 39.0 Å². The van der Waals surface area contributed by atoms with Crippen molar-refractivity contribution in [2.24, 2.45) is 0 Å². The van der Waals surface area contributed by atoms with Gasteiger partial charge in [-0.05, 0) is 60.0 Å². The van der Waals surface area contributed by atoms with Crippen LogP contribution in [0.25, 0.3) is 10.9 Å². The molecule has 7 heteroatoms. The number of rotatable bonds is 6. The zero-order valence-corrected chi connectivity index (χ0v) is 19.6. The third kappa shape index (κ3) is 4.26. The maximum absolute atomic E-state index is 13.3. The monoisotopic (exact) mass is 448 g/mol. The zero-order chi connectivity index (χ0) is 22.9. The molecule has 0 fully saturated rings. The molecule has 2 heterocycles. The Morgan fingerprint density at radius 2 is 1.72 bits per heavy atom. The molecule has 2 N–H and O–H groups in total. The van der Waals surface area contributed by atoms with Crippen LogP contribution in [0.5, 0.6) is 0 Å². The van der Waals surface area contributed by atoms with Crippen LogP contribution in [0.2, 0.25) is 0 Å². The van der Waals surface area contributed by atoms with Gasteiger partial charge in [-0.2, -0.15) is 0 Å². The summed E-state index contributed by atoms with van der Waals surface area (Å²) in [6.45, 7) is 7.11. The van der Waals surface area contributed by atoms with Gasteiger partial charge in [0.1, 0.15) is 4.90 Å². The summed E-state index contributed by atoms with van der Waals surface area (Å²) in [5, 5.41) is 7.40. The standard InChI is InChI=1S/C25H28N4O2S/c1-25(2,3)19-7-9-20(10-8-19)28-21-11-12-23-18(15-26-4)17-29(24(23)14-21)32(30,31)22-6-5-13-27-16-22/h5-14,16-17,26,28H,15H2,1-4H3. The fourth-order valence-electron chi connectivity index (χ4n) is 3.71. The van der Waals surface area contributed by atoms with Gasteiger partial charge >= 0.3 is 0 Å². The van der Waals surface area contributed by atoms with Gasteiger partial charge in [0.25, 0.3) is 10.0 Å². The van der Waals surface area contributed by atoms with Crippen molar-refractivity contribution in [2.45, 2.75) is 37.6 Å². The van der Waals surface area contributed by atoms with Gasteiger partial charge in [-0.15, -0.1) is 0 Å². The van der Waals surface area contributed by atoms with E-state index in [2.05, 4.69) is 48.5 Å². The fraction of sp³-hybridized carbons (Fsp3) is 0.240. The highest BCUT2D eigenvalue weighted by atomic mass is 32.2. The Balaban J connectivity index is 1.77. The summed E-state index contributed by atoms with van der Waals surface area (Å²) in [4.78, 5) is 4.14. The lowest BCUT2D eigenvalue weighted by molar-refractivity contribution is 0.588. The molecule has 0 saturated heterocycles. The Labute approximate surface area is 189 Å². The van der Waals surface area contributed by atoms with Crippen molar-refractivity contribution in [2.75, 3.05) is 12.4 Å². The number of anilines is 2. The Bertz CT molecular complexity index is 1340. The molecule has 0 saturated carbocycles. The van der Waals surface area contributed by atoms with E-state index in [1.54, 1.807) is 24.5 Å². The van der Waals surface area contributed by atoms with Crippen LogP contribution in [0.15, 0.2) is 78.1 Å². The van der Waals surface area contributed by atoms with E-state index in [1.165, 1.54) is 15.7 Å². The molecule has 0 amide bonds. The molecule has 2 aromatic heterocycles. The third-order valence-electron chi connectivity index (χ3n) is 5.45. The van der Waals surface area contributed by atoms with Crippen molar-refractivity contribution in [3.8, 4) is 0 Å². The van der Waals surface area contributed by atoms with E-state index in [0.29, 0.717) is 12.1 Å². The molecule has 4 rings (SSSR count). The average molecular weight is 449 g/mol. The second-order valence-corrected chi connectivity index (χ2v) is 10.7. The van der Waals surface area contributed by atoms with Crippen LogP contribution in [-0.2, 0) is 22.0 Å². The van der Waals surface area contributed by atoms with Gasteiger partial charge in [-0.3, -0.25) is 4.98 Å². The van der Waals surface area contributed by atoms with Gasteiger partial charge < -0.3 is 10.6 Å². The third-order valence-corrected chi connectivity index (χ3v) is 7.11. The highest BCUT2D eigenvalue weighted by molar-refractivity contribution is 7.90. The Morgan fingerprint density at radius 3 is 2.34 bits per heavy atom. The summed E-state index contributed by atoms with van der Waals surface area (Å²) in [6, 6.07) is 17.3. The van der Waals surface area contributed by atoms with Gasteiger partial charge in [-0.25, -0.2) is 12.4 Å². The molecule has 6 nitrogen and oxygen atoms in total.